The minimum absolute atomic E-state index is 0.129. The van der Waals surface area contributed by atoms with Crippen molar-refractivity contribution in [3.63, 3.8) is 0 Å². The molecule has 33 heavy (non-hydrogen) atoms. The molecule has 0 aromatic carbocycles. The zero-order chi connectivity index (χ0) is 24.1. The highest BCUT2D eigenvalue weighted by molar-refractivity contribution is 5.85. The summed E-state index contributed by atoms with van der Waals surface area (Å²) in [4.78, 5) is 20.6. The number of ether oxygens (including phenoxy) is 1. The van der Waals surface area contributed by atoms with Gasteiger partial charge in [-0.3, -0.25) is 0 Å². The van der Waals surface area contributed by atoms with E-state index >= 15 is 0 Å². The number of hydrogen-bond acceptors (Lipinski definition) is 4. The Labute approximate surface area is 201 Å². The molecule has 0 N–H and O–H groups in total. The fourth-order valence-corrected chi connectivity index (χ4v) is 4.52. The van der Waals surface area contributed by atoms with Crippen molar-refractivity contribution in [3.8, 4) is 0 Å². The lowest BCUT2D eigenvalue weighted by molar-refractivity contribution is 0.0483. The summed E-state index contributed by atoms with van der Waals surface area (Å²) in [5.41, 5.74) is 5.19. The largest absolute Gasteiger partial charge is 0.460 e. The second-order valence-electron chi connectivity index (χ2n) is 10.1. The van der Waals surface area contributed by atoms with Crippen LogP contribution in [-0.2, 0) is 4.74 Å². The monoisotopic (exact) mass is 452 g/mol. The molecule has 1 aliphatic rings. The van der Waals surface area contributed by atoms with Gasteiger partial charge in [0.1, 0.15) is 0 Å². The summed E-state index contributed by atoms with van der Waals surface area (Å²) in [6.45, 7) is 11.7. The van der Waals surface area contributed by atoms with Crippen molar-refractivity contribution in [3.05, 3.63) is 52.7 Å². The SMILES string of the molecule is CCCCCCCCCCOC(=O)c1ncc(C=C(C)C=CC2=C(C)CCCC2(C)C)cn1. The van der Waals surface area contributed by atoms with Crippen LogP contribution in [0.1, 0.15) is 121 Å². The molecule has 1 aliphatic carbocycles. The zero-order valence-electron chi connectivity index (χ0n) is 21.6. The summed E-state index contributed by atoms with van der Waals surface area (Å²) < 4.78 is 5.33. The van der Waals surface area contributed by atoms with Crippen molar-refractivity contribution in [1.82, 2.24) is 9.97 Å². The van der Waals surface area contributed by atoms with E-state index in [9.17, 15) is 4.79 Å². The maximum Gasteiger partial charge on any atom is 0.376 e. The second-order valence-corrected chi connectivity index (χ2v) is 10.1. The summed E-state index contributed by atoms with van der Waals surface area (Å²) in [7, 11) is 0. The van der Waals surface area contributed by atoms with Crippen LogP contribution in [0.4, 0.5) is 0 Å². The maximum atomic E-state index is 12.2. The van der Waals surface area contributed by atoms with E-state index in [-0.39, 0.29) is 11.2 Å². The third kappa shape index (κ3) is 9.65. The van der Waals surface area contributed by atoms with Gasteiger partial charge >= 0.3 is 5.97 Å². The first kappa shape index (κ1) is 27.0. The number of aromatic nitrogens is 2. The molecule has 182 valence electrons. The molecule has 1 aromatic rings. The van der Waals surface area contributed by atoms with Gasteiger partial charge in [-0.25, -0.2) is 14.8 Å². The summed E-state index contributed by atoms with van der Waals surface area (Å²) in [5.74, 6) is -0.309. The van der Waals surface area contributed by atoms with E-state index in [4.69, 9.17) is 4.74 Å². The van der Waals surface area contributed by atoms with Crippen LogP contribution in [0.5, 0.6) is 0 Å². The van der Waals surface area contributed by atoms with E-state index in [1.165, 1.54) is 68.9 Å². The van der Waals surface area contributed by atoms with Crippen LogP contribution in [0.2, 0.25) is 0 Å². The molecule has 1 aromatic heterocycles. The highest BCUT2D eigenvalue weighted by Crippen LogP contribution is 2.40. The van der Waals surface area contributed by atoms with Gasteiger partial charge in [0.2, 0.25) is 5.82 Å². The molecule has 1 heterocycles. The molecule has 0 unspecified atom stereocenters. The highest BCUT2D eigenvalue weighted by Gasteiger charge is 2.26. The highest BCUT2D eigenvalue weighted by atomic mass is 16.5. The van der Waals surface area contributed by atoms with Crippen molar-refractivity contribution in [2.75, 3.05) is 6.61 Å². The van der Waals surface area contributed by atoms with Crippen LogP contribution in [0.3, 0.4) is 0 Å². The molecule has 0 spiro atoms. The van der Waals surface area contributed by atoms with Crippen molar-refractivity contribution in [1.29, 1.82) is 0 Å². The van der Waals surface area contributed by atoms with Crippen molar-refractivity contribution in [2.45, 2.75) is 105 Å². The number of esters is 1. The average Bonchev–Trinajstić information content (AvgIpc) is 2.77. The first-order chi connectivity index (χ1) is 15.8. The number of rotatable bonds is 13. The number of carbonyl (C=O) groups is 1. The minimum atomic E-state index is -0.438. The summed E-state index contributed by atoms with van der Waals surface area (Å²) in [5, 5.41) is 0. The summed E-state index contributed by atoms with van der Waals surface area (Å²) in [6, 6.07) is 0. The van der Waals surface area contributed by atoms with Crippen LogP contribution in [0, 0.1) is 5.41 Å². The first-order valence-electron chi connectivity index (χ1n) is 12.9. The van der Waals surface area contributed by atoms with E-state index in [1.807, 2.05) is 6.08 Å². The van der Waals surface area contributed by atoms with Crippen molar-refractivity contribution < 1.29 is 9.53 Å². The molecular formula is C29H44N2O2. The Bertz CT molecular complexity index is 832. The molecule has 0 saturated heterocycles. The third-order valence-corrected chi connectivity index (χ3v) is 6.54. The van der Waals surface area contributed by atoms with Gasteiger partial charge in [-0.2, -0.15) is 0 Å². The Morgan fingerprint density at radius 3 is 2.33 bits per heavy atom. The Kier molecular flexibility index (Phi) is 11.6. The van der Waals surface area contributed by atoms with Gasteiger partial charge < -0.3 is 4.74 Å². The van der Waals surface area contributed by atoms with Crippen LogP contribution < -0.4 is 0 Å². The zero-order valence-corrected chi connectivity index (χ0v) is 21.6. The number of hydrogen-bond donors (Lipinski definition) is 0. The molecule has 0 saturated carbocycles. The van der Waals surface area contributed by atoms with Gasteiger partial charge in [-0.15, -0.1) is 0 Å². The van der Waals surface area contributed by atoms with Crippen LogP contribution in [0.15, 0.2) is 41.3 Å². The van der Waals surface area contributed by atoms with Crippen LogP contribution in [-0.4, -0.2) is 22.5 Å². The lowest BCUT2D eigenvalue weighted by atomic mass is 9.72. The van der Waals surface area contributed by atoms with Gasteiger partial charge in [-0.1, -0.05) is 89.0 Å². The first-order valence-corrected chi connectivity index (χ1v) is 12.9. The molecule has 0 fully saturated rings. The number of carbonyl (C=O) groups excluding carboxylic acids is 1. The topological polar surface area (TPSA) is 52.1 Å². The van der Waals surface area contributed by atoms with Crippen molar-refractivity contribution >= 4 is 12.0 Å². The Morgan fingerprint density at radius 1 is 1.06 bits per heavy atom. The molecule has 0 radical (unpaired) electrons. The quantitative estimate of drug-likeness (QED) is 0.172. The van der Waals surface area contributed by atoms with Gasteiger partial charge in [0.05, 0.1) is 6.61 Å². The molecule has 0 atom stereocenters. The van der Waals surface area contributed by atoms with Crippen molar-refractivity contribution in [2.24, 2.45) is 5.41 Å². The van der Waals surface area contributed by atoms with Crippen LogP contribution >= 0.6 is 0 Å². The predicted octanol–water partition coefficient (Wildman–Crippen LogP) is 8.26. The second kappa shape index (κ2) is 14.1. The summed E-state index contributed by atoms with van der Waals surface area (Å²) >= 11 is 0. The van der Waals surface area contributed by atoms with Gasteiger partial charge in [0.15, 0.2) is 0 Å². The van der Waals surface area contributed by atoms with Crippen LogP contribution in [0.25, 0.3) is 6.08 Å². The maximum absolute atomic E-state index is 12.2. The lowest BCUT2D eigenvalue weighted by Gasteiger charge is -2.32. The van der Waals surface area contributed by atoms with E-state index < -0.39 is 5.97 Å². The minimum Gasteiger partial charge on any atom is -0.460 e. The molecule has 4 heteroatoms. The van der Waals surface area contributed by atoms with Gasteiger partial charge in [-0.05, 0) is 56.6 Å². The molecule has 4 nitrogen and oxygen atoms in total. The molecule has 2 rings (SSSR count). The number of allylic oxidation sites excluding steroid dienone is 5. The Hall–Kier alpha value is -2.23. The number of nitrogens with zero attached hydrogens (tertiary/aromatic N) is 2. The van der Waals surface area contributed by atoms with E-state index in [0.717, 1.165) is 24.0 Å². The Morgan fingerprint density at radius 2 is 1.70 bits per heavy atom. The Balaban J connectivity index is 1.78. The van der Waals surface area contributed by atoms with E-state index in [2.05, 4.69) is 56.7 Å². The fourth-order valence-electron chi connectivity index (χ4n) is 4.52. The average molecular weight is 453 g/mol. The summed E-state index contributed by atoms with van der Waals surface area (Å²) in [6.07, 6.45) is 23.3. The molecular weight excluding hydrogens is 408 g/mol. The third-order valence-electron chi connectivity index (χ3n) is 6.54. The van der Waals surface area contributed by atoms with Gasteiger partial charge in [0.25, 0.3) is 0 Å². The molecule has 0 aliphatic heterocycles. The normalized spacial score (nSPS) is 16.5. The number of unbranched alkanes of at least 4 members (excludes halogenated alkanes) is 7. The van der Waals surface area contributed by atoms with E-state index in [1.54, 1.807) is 12.4 Å². The van der Waals surface area contributed by atoms with Gasteiger partial charge in [0, 0.05) is 18.0 Å². The fraction of sp³-hybridized carbons (Fsp3) is 0.621. The molecule has 0 bridgehead atoms. The van der Waals surface area contributed by atoms with E-state index in [0.29, 0.717) is 6.61 Å². The standard InChI is InChI=1S/C29H44N2O2/c1-6-7-8-9-10-11-12-13-19-33-28(32)27-30-21-25(22-31-27)20-23(2)16-17-26-24(3)15-14-18-29(26,4)5/h16-17,20-22H,6-15,18-19H2,1-5H3. The molecule has 0 amide bonds. The lowest BCUT2D eigenvalue weighted by Crippen LogP contribution is -2.19. The predicted molar refractivity (Wildman–Crippen MR) is 138 cm³/mol. The smallest absolute Gasteiger partial charge is 0.376 e.